The summed E-state index contributed by atoms with van der Waals surface area (Å²) in [4.78, 5) is 35.5. The van der Waals surface area contributed by atoms with Crippen LogP contribution in [0.2, 0.25) is 5.02 Å². The van der Waals surface area contributed by atoms with Crippen LogP contribution >= 0.6 is 11.6 Å². The first-order valence-corrected chi connectivity index (χ1v) is 8.79. The highest BCUT2D eigenvalue weighted by Gasteiger charge is 2.28. The second-order valence-corrected chi connectivity index (χ2v) is 6.69. The van der Waals surface area contributed by atoms with Gasteiger partial charge in [0.2, 0.25) is 5.91 Å². The fourth-order valence-electron chi connectivity index (χ4n) is 2.80. The number of nitrogens with one attached hydrogen (secondary N) is 1. The standard InChI is InChI=1S/C20H18ClNO5/c1-12(23)22-17-5-2-13(3-6-17)18(24)11-27-20(25)15-8-14-9-16(21)4-7-19(14)26-10-15/h2-7,9,15H,8,10-11H2,1H3,(H,22,23). The number of carbonyl (C=O) groups is 3. The lowest BCUT2D eigenvalue weighted by Gasteiger charge is -2.24. The number of hydrogen-bond acceptors (Lipinski definition) is 5. The van der Waals surface area contributed by atoms with E-state index in [9.17, 15) is 14.4 Å². The minimum atomic E-state index is -0.483. The Kier molecular flexibility index (Phi) is 5.76. The second-order valence-electron chi connectivity index (χ2n) is 6.25. The number of fused-ring (bicyclic) bond motifs is 1. The summed E-state index contributed by atoms with van der Waals surface area (Å²) in [6.45, 7) is 1.25. The SMILES string of the molecule is CC(=O)Nc1ccc(C(=O)COC(=O)C2COc3ccc(Cl)cc3C2)cc1. The summed E-state index contributed by atoms with van der Waals surface area (Å²) in [5.74, 6) is -0.771. The maximum atomic E-state index is 12.3. The molecule has 0 radical (unpaired) electrons. The van der Waals surface area contributed by atoms with E-state index in [0.717, 1.165) is 5.56 Å². The van der Waals surface area contributed by atoms with Crippen molar-refractivity contribution in [2.45, 2.75) is 13.3 Å². The lowest BCUT2D eigenvalue weighted by Crippen LogP contribution is -2.31. The molecule has 0 spiro atoms. The molecular formula is C20H18ClNO5. The lowest BCUT2D eigenvalue weighted by atomic mass is 9.97. The summed E-state index contributed by atoms with van der Waals surface area (Å²) in [6, 6.07) is 11.6. The molecule has 1 unspecified atom stereocenters. The van der Waals surface area contributed by atoms with Crippen molar-refractivity contribution in [2.75, 3.05) is 18.5 Å². The number of halogens is 1. The summed E-state index contributed by atoms with van der Waals surface area (Å²) >= 11 is 5.97. The number of anilines is 1. The largest absolute Gasteiger partial charge is 0.492 e. The zero-order valence-corrected chi connectivity index (χ0v) is 15.4. The summed E-state index contributed by atoms with van der Waals surface area (Å²) in [5, 5.41) is 3.19. The van der Waals surface area contributed by atoms with Crippen LogP contribution in [-0.2, 0) is 20.7 Å². The molecule has 27 heavy (non-hydrogen) atoms. The molecule has 7 heteroatoms. The number of carbonyl (C=O) groups excluding carboxylic acids is 3. The number of amides is 1. The fraction of sp³-hybridized carbons (Fsp3) is 0.250. The summed E-state index contributed by atoms with van der Waals surface area (Å²) in [7, 11) is 0. The van der Waals surface area contributed by atoms with Crippen molar-refractivity contribution in [3.8, 4) is 5.75 Å². The van der Waals surface area contributed by atoms with E-state index in [4.69, 9.17) is 21.1 Å². The first-order valence-electron chi connectivity index (χ1n) is 8.41. The number of Topliss-reactive ketones (excluding diaryl/α,β-unsaturated/α-hetero) is 1. The highest BCUT2D eigenvalue weighted by Crippen LogP contribution is 2.30. The Labute approximate surface area is 161 Å². The van der Waals surface area contributed by atoms with Gasteiger partial charge in [-0.2, -0.15) is 0 Å². The van der Waals surface area contributed by atoms with Crippen molar-refractivity contribution in [3.05, 3.63) is 58.6 Å². The van der Waals surface area contributed by atoms with Crippen molar-refractivity contribution in [2.24, 2.45) is 5.92 Å². The van der Waals surface area contributed by atoms with Gasteiger partial charge in [0.15, 0.2) is 12.4 Å². The molecule has 1 heterocycles. The Morgan fingerprint density at radius 3 is 2.63 bits per heavy atom. The number of benzene rings is 2. The molecule has 0 bridgehead atoms. The maximum Gasteiger partial charge on any atom is 0.313 e. The van der Waals surface area contributed by atoms with Crippen LogP contribution in [0.5, 0.6) is 5.75 Å². The molecule has 2 aromatic carbocycles. The summed E-state index contributed by atoms with van der Waals surface area (Å²) in [5.41, 5.74) is 1.83. The highest BCUT2D eigenvalue weighted by molar-refractivity contribution is 6.30. The number of ketones is 1. The molecule has 0 saturated heterocycles. The van der Waals surface area contributed by atoms with Gasteiger partial charge in [0.25, 0.3) is 0 Å². The lowest BCUT2D eigenvalue weighted by molar-refractivity contribution is -0.148. The number of hydrogen-bond donors (Lipinski definition) is 1. The number of rotatable bonds is 5. The first-order chi connectivity index (χ1) is 12.9. The third-order valence-electron chi connectivity index (χ3n) is 4.13. The smallest absolute Gasteiger partial charge is 0.313 e. The first kappa shape index (κ1) is 18.9. The minimum Gasteiger partial charge on any atom is -0.492 e. The van der Waals surface area contributed by atoms with Crippen LogP contribution in [0, 0.1) is 5.92 Å². The molecule has 0 aliphatic carbocycles. The van der Waals surface area contributed by atoms with Crippen molar-refractivity contribution in [3.63, 3.8) is 0 Å². The van der Waals surface area contributed by atoms with Crippen LogP contribution in [0.3, 0.4) is 0 Å². The molecule has 6 nitrogen and oxygen atoms in total. The molecule has 0 saturated carbocycles. The Hall–Kier alpha value is -2.86. The van der Waals surface area contributed by atoms with Crippen LogP contribution < -0.4 is 10.1 Å². The van der Waals surface area contributed by atoms with Crippen LogP contribution in [0.4, 0.5) is 5.69 Å². The molecular weight excluding hydrogens is 370 g/mol. The number of ether oxygens (including phenoxy) is 2. The predicted molar refractivity (Wildman–Crippen MR) is 100 cm³/mol. The molecule has 3 rings (SSSR count). The van der Waals surface area contributed by atoms with Crippen molar-refractivity contribution in [1.82, 2.24) is 0 Å². The zero-order valence-electron chi connectivity index (χ0n) is 14.7. The van der Waals surface area contributed by atoms with Gasteiger partial charge in [-0.15, -0.1) is 0 Å². The van der Waals surface area contributed by atoms with E-state index >= 15 is 0 Å². The second kappa shape index (κ2) is 8.22. The molecule has 1 aliphatic heterocycles. The molecule has 1 N–H and O–H groups in total. The van der Waals surface area contributed by atoms with E-state index in [1.165, 1.54) is 6.92 Å². The van der Waals surface area contributed by atoms with E-state index in [2.05, 4.69) is 5.32 Å². The molecule has 1 aliphatic rings. The van der Waals surface area contributed by atoms with Gasteiger partial charge in [-0.3, -0.25) is 14.4 Å². The van der Waals surface area contributed by atoms with E-state index in [1.54, 1.807) is 42.5 Å². The quantitative estimate of drug-likeness (QED) is 0.629. The van der Waals surface area contributed by atoms with Gasteiger partial charge < -0.3 is 14.8 Å². The predicted octanol–water partition coefficient (Wildman–Crippen LogP) is 3.28. The van der Waals surface area contributed by atoms with Gasteiger partial charge >= 0.3 is 5.97 Å². The van der Waals surface area contributed by atoms with Crippen LogP contribution in [-0.4, -0.2) is 30.9 Å². The van der Waals surface area contributed by atoms with Crippen LogP contribution in [0.25, 0.3) is 0 Å². The molecule has 1 atom stereocenters. The minimum absolute atomic E-state index is 0.194. The Morgan fingerprint density at radius 1 is 1.19 bits per heavy atom. The van der Waals surface area contributed by atoms with Gasteiger partial charge in [0.1, 0.15) is 12.4 Å². The maximum absolute atomic E-state index is 12.3. The van der Waals surface area contributed by atoms with E-state index in [1.807, 2.05) is 0 Å². The Balaban J connectivity index is 1.54. The Bertz CT molecular complexity index is 878. The molecule has 140 valence electrons. The molecule has 1 amide bonds. The van der Waals surface area contributed by atoms with E-state index in [-0.39, 0.29) is 24.9 Å². The van der Waals surface area contributed by atoms with Crippen LogP contribution in [0.15, 0.2) is 42.5 Å². The van der Waals surface area contributed by atoms with Gasteiger partial charge in [0.05, 0.1) is 5.92 Å². The van der Waals surface area contributed by atoms with Crippen LogP contribution in [0.1, 0.15) is 22.8 Å². The van der Waals surface area contributed by atoms with Gasteiger partial charge in [-0.05, 0) is 54.4 Å². The van der Waals surface area contributed by atoms with Crippen molar-refractivity contribution >= 4 is 34.9 Å². The topological polar surface area (TPSA) is 81.7 Å². The monoisotopic (exact) mass is 387 g/mol. The molecule has 2 aromatic rings. The zero-order chi connectivity index (χ0) is 19.4. The van der Waals surface area contributed by atoms with Gasteiger partial charge in [0, 0.05) is 23.2 Å². The third kappa shape index (κ3) is 4.86. The third-order valence-corrected chi connectivity index (χ3v) is 4.37. The normalized spacial score (nSPS) is 15.3. The van der Waals surface area contributed by atoms with Gasteiger partial charge in [-0.25, -0.2) is 0 Å². The van der Waals surface area contributed by atoms with Gasteiger partial charge in [-0.1, -0.05) is 11.6 Å². The highest BCUT2D eigenvalue weighted by atomic mass is 35.5. The number of esters is 1. The van der Waals surface area contributed by atoms with E-state index in [0.29, 0.717) is 28.4 Å². The average molecular weight is 388 g/mol. The molecule has 0 fully saturated rings. The van der Waals surface area contributed by atoms with E-state index < -0.39 is 11.9 Å². The Morgan fingerprint density at radius 2 is 1.93 bits per heavy atom. The summed E-state index contributed by atoms with van der Waals surface area (Å²) in [6.07, 6.45) is 0.453. The average Bonchev–Trinajstić information content (AvgIpc) is 2.65. The summed E-state index contributed by atoms with van der Waals surface area (Å²) < 4.78 is 10.7. The fourth-order valence-corrected chi connectivity index (χ4v) is 2.99. The van der Waals surface area contributed by atoms with Crippen molar-refractivity contribution < 1.29 is 23.9 Å². The van der Waals surface area contributed by atoms with Crippen molar-refractivity contribution in [1.29, 1.82) is 0 Å². The molecule has 0 aromatic heterocycles.